The third kappa shape index (κ3) is 1.77. The minimum absolute atomic E-state index is 0.117. The van der Waals surface area contributed by atoms with Gasteiger partial charge in [-0.2, -0.15) is 0 Å². The lowest BCUT2D eigenvalue weighted by Gasteiger charge is -1.98. The van der Waals surface area contributed by atoms with Crippen molar-refractivity contribution in [2.24, 2.45) is 0 Å². The molecular weight excluding hydrogens is 202 g/mol. The Morgan fingerprint density at radius 3 is 3.00 bits per heavy atom. The van der Waals surface area contributed by atoms with Gasteiger partial charge < -0.3 is 5.73 Å². The van der Waals surface area contributed by atoms with Crippen LogP contribution >= 0.6 is 11.3 Å². The summed E-state index contributed by atoms with van der Waals surface area (Å²) in [4.78, 5) is 15.1. The van der Waals surface area contributed by atoms with Crippen LogP contribution in [0.25, 0.3) is 0 Å². The summed E-state index contributed by atoms with van der Waals surface area (Å²) in [5.41, 5.74) is 5.30. The van der Waals surface area contributed by atoms with E-state index in [9.17, 15) is 4.79 Å². The van der Waals surface area contributed by atoms with Crippen LogP contribution in [0, 0.1) is 0 Å². The highest BCUT2D eigenvalue weighted by Gasteiger charge is 2.02. The SMILES string of the molecule is Nc1nnc(Cn2cnccc2=O)s1. The van der Waals surface area contributed by atoms with Crippen molar-refractivity contribution in [1.29, 1.82) is 0 Å². The number of rotatable bonds is 2. The Balaban J connectivity index is 2.27. The van der Waals surface area contributed by atoms with Gasteiger partial charge in [-0.1, -0.05) is 11.3 Å². The monoisotopic (exact) mass is 209 g/mol. The first-order chi connectivity index (χ1) is 6.75. The van der Waals surface area contributed by atoms with E-state index in [1.165, 1.54) is 34.5 Å². The third-order valence-electron chi connectivity index (χ3n) is 1.58. The maximum absolute atomic E-state index is 11.3. The molecule has 0 radical (unpaired) electrons. The van der Waals surface area contributed by atoms with Gasteiger partial charge >= 0.3 is 0 Å². The minimum atomic E-state index is -0.117. The van der Waals surface area contributed by atoms with E-state index in [4.69, 9.17) is 5.73 Å². The Kier molecular flexibility index (Phi) is 2.23. The van der Waals surface area contributed by atoms with Crippen LogP contribution in [0.5, 0.6) is 0 Å². The summed E-state index contributed by atoms with van der Waals surface area (Å²) in [6.45, 7) is 0.363. The molecule has 0 aliphatic heterocycles. The standard InChI is InChI=1S/C7H7N5OS/c8-7-11-10-5(14-7)3-12-4-9-2-1-6(12)13/h1-2,4H,3H2,(H2,8,11). The molecule has 0 aliphatic carbocycles. The number of aromatic nitrogens is 4. The van der Waals surface area contributed by atoms with Gasteiger partial charge in [0.25, 0.3) is 5.56 Å². The van der Waals surface area contributed by atoms with Crippen molar-refractivity contribution in [1.82, 2.24) is 19.7 Å². The highest BCUT2D eigenvalue weighted by Crippen LogP contribution is 2.10. The first-order valence-electron chi connectivity index (χ1n) is 3.84. The van der Waals surface area contributed by atoms with Gasteiger partial charge in [-0.05, 0) is 0 Å². The van der Waals surface area contributed by atoms with E-state index in [1.807, 2.05) is 0 Å². The lowest BCUT2D eigenvalue weighted by molar-refractivity contribution is 0.723. The second-order valence-corrected chi connectivity index (χ2v) is 3.67. The summed E-state index contributed by atoms with van der Waals surface area (Å²) in [5, 5.41) is 8.55. The lowest BCUT2D eigenvalue weighted by Crippen LogP contribution is -2.19. The van der Waals surface area contributed by atoms with Crippen molar-refractivity contribution < 1.29 is 0 Å². The van der Waals surface area contributed by atoms with Gasteiger partial charge in [0.2, 0.25) is 5.13 Å². The average Bonchev–Trinajstić information content (AvgIpc) is 2.56. The molecule has 2 aromatic rings. The van der Waals surface area contributed by atoms with Crippen LogP contribution in [0.4, 0.5) is 5.13 Å². The maximum Gasteiger partial charge on any atom is 0.253 e. The van der Waals surface area contributed by atoms with E-state index < -0.39 is 0 Å². The fourth-order valence-electron chi connectivity index (χ4n) is 0.973. The van der Waals surface area contributed by atoms with Gasteiger partial charge in [0.05, 0.1) is 12.9 Å². The molecule has 0 amide bonds. The first kappa shape index (κ1) is 8.82. The van der Waals surface area contributed by atoms with Crippen molar-refractivity contribution in [3.8, 4) is 0 Å². The van der Waals surface area contributed by atoms with Crippen molar-refractivity contribution in [2.45, 2.75) is 6.54 Å². The maximum atomic E-state index is 11.3. The largest absolute Gasteiger partial charge is 0.374 e. The van der Waals surface area contributed by atoms with Crippen molar-refractivity contribution in [3.63, 3.8) is 0 Å². The van der Waals surface area contributed by atoms with Crippen molar-refractivity contribution in [3.05, 3.63) is 34.0 Å². The Bertz CT molecular complexity index is 491. The number of hydrogen-bond donors (Lipinski definition) is 1. The molecule has 2 rings (SSSR count). The van der Waals surface area contributed by atoms with E-state index in [2.05, 4.69) is 15.2 Å². The second-order valence-electron chi connectivity index (χ2n) is 2.58. The van der Waals surface area contributed by atoms with Gasteiger partial charge in [0.1, 0.15) is 5.01 Å². The summed E-state index contributed by atoms with van der Waals surface area (Å²) in [6.07, 6.45) is 2.91. The Hall–Kier alpha value is -1.76. The fourth-order valence-corrected chi connectivity index (χ4v) is 1.58. The molecule has 0 fully saturated rings. The number of hydrogen-bond acceptors (Lipinski definition) is 6. The van der Waals surface area contributed by atoms with E-state index in [0.29, 0.717) is 16.7 Å². The first-order valence-corrected chi connectivity index (χ1v) is 4.65. The molecule has 14 heavy (non-hydrogen) atoms. The molecule has 0 aliphatic rings. The average molecular weight is 209 g/mol. The van der Waals surface area contributed by atoms with Crippen LogP contribution in [0.1, 0.15) is 5.01 Å². The Morgan fingerprint density at radius 1 is 1.50 bits per heavy atom. The van der Waals surface area contributed by atoms with E-state index in [-0.39, 0.29) is 5.56 Å². The highest BCUT2D eigenvalue weighted by atomic mass is 32.1. The highest BCUT2D eigenvalue weighted by molar-refractivity contribution is 7.15. The number of nitrogens with two attached hydrogens (primary N) is 1. The summed E-state index contributed by atoms with van der Waals surface area (Å²) < 4.78 is 1.44. The second kappa shape index (κ2) is 3.54. The topological polar surface area (TPSA) is 86.7 Å². The summed E-state index contributed by atoms with van der Waals surface area (Å²) in [6, 6.07) is 1.39. The lowest BCUT2D eigenvalue weighted by atomic mass is 10.6. The molecule has 0 bridgehead atoms. The molecule has 0 aromatic carbocycles. The molecule has 2 N–H and O–H groups in total. The number of nitrogen functional groups attached to an aromatic ring is 1. The predicted molar refractivity (Wildman–Crippen MR) is 51.9 cm³/mol. The van der Waals surface area contributed by atoms with E-state index in [0.717, 1.165) is 0 Å². The molecule has 2 aromatic heterocycles. The molecule has 7 heteroatoms. The van der Waals surface area contributed by atoms with Crippen LogP contribution in [-0.2, 0) is 6.54 Å². The van der Waals surface area contributed by atoms with Crippen LogP contribution in [-0.4, -0.2) is 19.7 Å². The molecule has 0 spiro atoms. The normalized spacial score (nSPS) is 10.3. The molecule has 2 heterocycles. The summed E-state index contributed by atoms with van der Waals surface area (Å²) in [5.74, 6) is 0. The zero-order valence-corrected chi connectivity index (χ0v) is 7.94. The van der Waals surface area contributed by atoms with Crippen molar-refractivity contribution >= 4 is 16.5 Å². The van der Waals surface area contributed by atoms with Crippen LogP contribution < -0.4 is 11.3 Å². The summed E-state index contributed by atoms with van der Waals surface area (Å²) >= 11 is 1.26. The number of anilines is 1. The Labute approximate surface area is 83.1 Å². The molecular formula is C7H7N5OS. The molecule has 0 saturated heterocycles. The van der Waals surface area contributed by atoms with Crippen molar-refractivity contribution in [2.75, 3.05) is 5.73 Å². The summed E-state index contributed by atoms with van der Waals surface area (Å²) in [7, 11) is 0. The van der Waals surface area contributed by atoms with Gasteiger partial charge in [0, 0.05) is 12.3 Å². The smallest absolute Gasteiger partial charge is 0.253 e. The van der Waals surface area contributed by atoms with Gasteiger partial charge in [-0.3, -0.25) is 9.36 Å². The Morgan fingerprint density at radius 2 is 2.36 bits per heavy atom. The van der Waals surface area contributed by atoms with E-state index in [1.54, 1.807) is 0 Å². The molecule has 0 saturated carbocycles. The van der Waals surface area contributed by atoms with Crippen LogP contribution in [0.3, 0.4) is 0 Å². The molecule has 0 atom stereocenters. The molecule has 72 valence electrons. The third-order valence-corrected chi connectivity index (χ3v) is 2.32. The molecule has 6 nitrogen and oxygen atoms in total. The van der Waals surface area contributed by atoms with Crippen LogP contribution in [0.2, 0.25) is 0 Å². The molecule has 0 unspecified atom stereocenters. The van der Waals surface area contributed by atoms with Gasteiger partial charge in [-0.15, -0.1) is 10.2 Å². The number of nitrogens with zero attached hydrogens (tertiary/aromatic N) is 4. The van der Waals surface area contributed by atoms with Gasteiger partial charge in [0.15, 0.2) is 0 Å². The zero-order chi connectivity index (χ0) is 9.97. The zero-order valence-electron chi connectivity index (χ0n) is 7.12. The fraction of sp³-hybridized carbons (Fsp3) is 0.143. The van der Waals surface area contributed by atoms with Gasteiger partial charge in [-0.25, -0.2) is 4.98 Å². The minimum Gasteiger partial charge on any atom is -0.374 e. The quantitative estimate of drug-likeness (QED) is 0.735. The van der Waals surface area contributed by atoms with Crippen LogP contribution in [0.15, 0.2) is 23.4 Å². The predicted octanol–water partition coefficient (Wildman–Crippen LogP) is -0.275. The van der Waals surface area contributed by atoms with E-state index >= 15 is 0 Å².